The molecule has 0 atom stereocenters. The summed E-state index contributed by atoms with van der Waals surface area (Å²) >= 11 is 3.30. The van der Waals surface area contributed by atoms with E-state index >= 15 is 0 Å². The summed E-state index contributed by atoms with van der Waals surface area (Å²) in [5, 5.41) is 13.9. The first-order valence-electron chi connectivity index (χ1n) is 8.21. The smallest absolute Gasteiger partial charge is 0.197 e. The van der Waals surface area contributed by atoms with Crippen LogP contribution in [0.15, 0.2) is 15.6 Å². The van der Waals surface area contributed by atoms with Gasteiger partial charge in [0.05, 0.1) is 0 Å². The highest BCUT2D eigenvalue weighted by Crippen LogP contribution is 2.37. The lowest BCUT2D eigenvalue weighted by molar-refractivity contribution is 0.536. The maximum Gasteiger partial charge on any atom is 0.197 e. The van der Waals surface area contributed by atoms with E-state index in [0.29, 0.717) is 12.0 Å². The summed E-state index contributed by atoms with van der Waals surface area (Å²) in [6.45, 7) is 12.7. The molecule has 0 aromatic carbocycles. The van der Waals surface area contributed by atoms with E-state index in [-0.39, 0.29) is 0 Å². The Balaban J connectivity index is 2.10. The van der Waals surface area contributed by atoms with E-state index in [1.165, 1.54) is 10.9 Å². The zero-order valence-corrected chi connectivity index (χ0v) is 16.6. The fraction of sp³-hybridized carbons (Fsp3) is 0.529. The quantitative estimate of drug-likeness (QED) is 0.609. The van der Waals surface area contributed by atoms with Gasteiger partial charge in [-0.3, -0.25) is 0 Å². The number of rotatable bonds is 5. The fourth-order valence-electron chi connectivity index (χ4n) is 2.83. The molecule has 3 aromatic heterocycles. The van der Waals surface area contributed by atoms with Gasteiger partial charge in [-0.2, -0.15) is 0 Å². The normalized spacial score (nSPS) is 12.0. The molecule has 0 aliphatic carbocycles. The molecule has 0 unspecified atom stereocenters. The first-order valence-corrected chi connectivity index (χ1v) is 9.90. The minimum atomic E-state index is 0.318. The van der Waals surface area contributed by atoms with Crippen molar-refractivity contribution in [1.29, 1.82) is 0 Å². The molecule has 0 bridgehead atoms. The average molecular weight is 362 g/mol. The molecule has 0 N–H and O–H groups in total. The third-order valence-corrected chi connectivity index (χ3v) is 5.63. The third kappa shape index (κ3) is 3.32. The van der Waals surface area contributed by atoms with Crippen LogP contribution in [0, 0.1) is 19.8 Å². The number of aryl methyl sites for hydroxylation is 2. The maximum absolute atomic E-state index is 4.72. The van der Waals surface area contributed by atoms with Crippen LogP contribution in [-0.2, 0) is 6.42 Å². The molecule has 0 amide bonds. The molecule has 3 heterocycles. The SMILES string of the molecule is Cc1nc(Sc2nnc(C)n2C(C)C)c2c(CC(C)C)csc2n1. The van der Waals surface area contributed by atoms with Crippen LogP contribution >= 0.6 is 23.1 Å². The Bertz CT molecular complexity index is 863. The molecule has 0 saturated carbocycles. The van der Waals surface area contributed by atoms with Crippen molar-refractivity contribution in [2.24, 2.45) is 5.92 Å². The van der Waals surface area contributed by atoms with Crippen LogP contribution in [0.5, 0.6) is 0 Å². The Morgan fingerprint density at radius 3 is 2.54 bits per heavy atom. The molecule has 3 rings (SSSR count). The van der Waals surface area contributed by atoms with E-state index in [9.17, 15) is 0 Å². The minimum absolute atomic E-state index is 0.318. The van der Waals surface area contributed by atoms with E-state index < -0.39 is 0 Å². The number of thiophene rings is 1. The molecule has 0 fully saturated rings. The van der Waals surface area contributed by atoms with Crippen LogP contribution in [0.25, 0.3) is 10.2 Å². The van der Waals surface area contributed by atoms with Gasteiger partial charge in [0.25, 0.3) is 0 Å². The van der Waals surface area contributed by atoms with E-state index in [1.807, 2.05) is 13.8 Å². The zero-order valence-electron chi connectivity index (χ0n) is 15.0. The molecule has 24 heavy (non-hydrogen) atoms. The monoisotopic (exact) mass is 361 g/mol. The molecule has 3 aromatic rings. The number of nitrogens with zero attached hydrogens (tertiary/aromatic N) is 5. The minimum Gasteiger partial charge on any atom is -0.303 e. The second kappa shape index (κ2) is 6.80. The summed E-state index contributed by atoms with van der Waals surface area (Å²) in [4.78, 5) is 10.4. The Kier molecular flexibility index (Phi) is 4.92. The summed E-state index contributed by atoms with van der Waals surface area (Å²) in [6, 6.07) is 0.318. The maximum atomic E-state index is 4.72. The van der Waals surface area contributed by atoms with Gasteiger partial charge in [0, 0.05) is 11.4 Å². The van der Waals surface area contributed by atoms with Gasteiger partial charge in [0.2, 0.25) is 0 Å². The third-order valence-electron chi connectivity index (χ3n) is 3.76. The molecule has 0 aliphatic rings. The number of fused-ring (bicyclic) bond motifs is 1. The highest BCUT2D eigenvalue weighted by Gasteiger charge is 2.19. The topological polar surface area (TPSA) is 56.5 Å². The largest absolute Gasteiger partial charge is 0.303 e. The molecule has 0 spiro atoms. The zero-order chi connectivity index (χ0) is 17.4. The molecule has 0 aliphatic heterocycles. The molecule has 128 valence electrons. The van der Waals surface area contributed by atoms with Crippen molar-refractivity contribution in [3.63, 3.8) is 0 Å². The lowest BCUT2D eigenvalue weighted by Gasteiger charge is -2.12. The van der Waals surface area contributed by atoms with Gasteiger partial charge >= 0.3 is 0 Å². The van der Waals surface area contributed by atoms with Crippen LogP contribution in [0.1, 0.15) is 50.9 Å². The lowest BCUT2D eigenvalue weighted by atomic mass is 10.0. The second-order valence-electron chi connectivity index (χ2n) is 6.71. The first-order chi connectivity index (χ1) is 11.4. The average Bonchev–Trinajstić information content (AvgIpc) is 3.02. The van der Waals surface area contributed by atoms with Crippen LogP contribution in [-0.4, -0.2) is 24.7 Å². The standard InChI is InChI=1S/C17H23N5S2/c1-9(2)7-13-8-23-15-14(13)16(19-11(5)18-15)24-17-21-20-12(6)22(17)10(3)4/h8-10H,7H2,1-6H3. The second-order valence-corrected chi connectivity index (χ2v) is 8.52. The predicted octanol–water partition coefficient (Wildman–Crippen LogP) is 4.83. The summed E-state index contributed by atoms with van der Waals surface area (Å²) in [6.07, 6.45) is 1.04. The highest BCUT2D eigenvalue weighted by atomic mass is 32.2. The van der Waals surface area contributed by atoms with Gasteiger partial charge < -0.3 is 4.57 Å². The molecular formula is C17H23N5S2. The van der Waals surface area contributed by atoms with Crippen molar-refractivity contribution >= 4 is 33.3 Å². The van der Waals surface area contributed by atoms with E-state index in [1.54, 1.807) is 23.1 Å². The Hall–Kier alpha value is -1.47. The van der Waals surface area contributed by atoms with Crippen molar-refractivity contribution in [2.45, 2.75) is 64.2 Å². The van der Waals surface area contributed by atoms with Gasteiger partial charge in [-0.05, 0) is 62.7 Å². The molecular weight excluding hydrogens is 338 g/mol. The molecule has 7 heteroatoms. The van der Waals surface area contributed by atoms with Crippen LogP contribution in [0.3, 0.4) is 0 Å². The summed E-state index contributed by atoms with van der Waals surface area (Å²) < 4.78 is 2.16. The first kappa shape index (κ1) is 17.4. The van der Waals surface area contributed by atoms with Crippen LogP contribution in [0.4, 0.5) is 0 Å². The molecule has 0 radical (unpaired) electrons. The summed E-state index contributed by atoms with van der Waals surface area (Å²) in [5.41, 5.74) is 1.33. The van der Waals surface area contributed by atoms with Crippen molar-refractivity contribution in [3.05, 3.63) is 22.6 Å². The Labute approximate surface area is 150 Å². The van der Waals surface area contributed by atoms with Gasteiger partial charge in [0.1, 0.15) is 21.5 Å². The number of hydrogen-bond donors (Lipinski definition) is 0. The van der Waals surface area contributed by atoms with Gasteiger partial charge in [-0.1, -0.05) is 13.8 Å². The predicted molar refractivity (Wildman–Crippen MR) is 100.0 cm³/mol. The van der Waals surface area contributed by atoms with Crippen LogP contribution < -0.4 is 0 Å². The van der Waals surface area contributed by atoms with E-state index in [2.05, 4.69) is 52.8 Å². The highest BCUT2D eigenvalue weighted by molar-refractivity contribution is 7.99. The Morgan fingerprint density at radius 2 is 1.88 bits per heavy atom. The van der Waals surface area contributed by atoms with Crippen molar-refractivity contribution in [2.75, 3.05) is 0 Å². The fourth-order valence-corrected chi connectivity index (χ4v) is 5.10. The lowest BCUT2D eigenvalue weighted by Crippen LogP contribution is -2.05. The van der Waals surface area contributed by atoms with E-state index in [4.69, 9.17) is 4.98 Å². The van der Waals surface area contributed by atoms with Crippen molar-refractivity contribution in [3.8, 4) is 0 Å². The van der Waals surface area contributed by atoms with Gasteiger partial charge in [-0.25, -0.2) is 9.97 Å². The summed E-state index contributed by atoms with van der Waals surface area (Å²) in [7, 11) is 0. The van der Waals surface area contributed by atoms with Crippen molar-refractivity contribution < 1.29 is 0 Å². The van der Waals surface area contributed by atoms with Gasteiger partial charge in [-0.15, -0.1) is 21.5 Å². The Morgan fingerprint density at radius 1 is 1.12 bits per heavy atom. The molecule has 5 nitrogen and oxygen atoms in total. The number of aromatic nitrogens is 5. The van der Waals surface area contributed by atoms with Crippen molar-refractivity contribution in [1.82, 2.24) is 24.7 Å². The van der Waals surface area contributed by atoms with Gasteiger partial charge in [0.15, 0.2) is 5.16 Å². The van der Waals surface area contributed by atoms with E-state index in [0.717, 1.165) is 33.1 Å². The van der Waals surface area contributed by atoms with Crippen LogP contribution in [0.2, 0.25) is 0 Å². The number of hydrogen-bond acceptors (Lipinski definition) is 6. The molecule has 0 saturated heterocycles. The summed E-state index contributed by atoms with van der Waals surface area (Å²) in [5.74, 6) is 2.33.